The minimum Gasteiger partial charge on any atom is -0.498 e. The predicted molar refractivity (Wildman–Crippen MR) is 134 cm³/mol. The molecule has 0 saturated carbocycles. The molecule has 1 aromatic heterocycles. The lowest BCUT2D eigenvalue weighted by molar-refractivity contribution is 0.233. The Morgan fingerprint density at radius 3 is 2.58 bits per heavy atom. The summed E-state index contributed by atoms with van der Waals surface area (Å²) in [6.45, 7) is 13.0. The van der Waals surface area contributed by atoms with Crippen molar-refractivity contribution in [2.75, 3.05) is 25.5 Å². The zero-order valence-electron chi connectivity index (χ0n) is 20.0. The van der Waals surface area contributed by atoms with Gasteiger partial charge in [-0.15, -0.1) is 0 Å². The molecule has 0 aromatic carbocycles. The van der Waals surface area contributed by atoms with Crippen LogP contribution in [-0.2, 0) is 4.74 Å². The van der Waals surface area contributed by atoms with E-state index in [1.807, 2.05) is 52.0 Å². The van der Waals surface area contributed by atoms with Gasteiger partial charge in [-0.3, -0.25) is 4.99 Å². The van der Waals surface area contributed by atoms with E-state index in [0.717, 1.165) is 40.4 Å². The van der Waals surface area contributed by atoms with Crippen LogP contribution in [0.2, 0.25) is 0 Å². The first-order valence-electron chi connectivity index (χ1n) is 10.6. The number of rotatable bonds is 11. The standard InChI is InChI=1S/C25H37N5O/c1-8-17(3)11-10-12-22(20(6)31-9-2)24-14-23(19(5)25(15-26)30-24)29-16-21(27)13-18(4)28-7/h10-15,26H,8-9,16,27H2,1-7H3,(H,29,30)/b12-10-,17-11-,21-13?,22-20-,26-15?,28-18?. The molecular formula is C25H37N5O. The molecule has 0 bridgehead atoms. The maximum atomic E-state index is 7.82. The van der Waals surface area contributed by atoms with Crippen molar-refractivity contribution in [2.45, 2.75) is 48.0 Å². The van der Waals surface area contributed by atoms with Gasteiger partial charge in [0.2, 0.25) is 0 Å². The predicted octanol–water partition coefficient (Wildman–Crippen LogP) is 5.41. The third-order valence-electron chi connectivity index (χ3n) is 4.89. The molecule has 0 spiro atoms. The lowest BCUT2D eigenvalue weighted by Gasteiger charge is -2.16. The Labute approximate surface area is 187 Å². The fourth-order valence-corrected chi connectivity index (χ4v) is 2.78. The van der Waals surface area contributed by atoms with Gasteiger partial charge in [0, 0.05) is 35.9 Å². The molecular weight excluding hydrogens is 386 g/mol. The van der Waals surface area contributed by atoms with Gasteiger partial charge in [-0.1, -0.05) is 24.6 Å². The lowest BCUT2D eigenvalue weighted by atomic mass is 10.0. The largest absolute Gasteiger partial charge is 0.498 e. The van der Waals surface area contributed by atoms with Crippen LogP contribution < -0.4 is 11.1 Å². The summed E-state index contributed by atoms with van der Waals surface area (Å²) in [5.74, 6) is 0.786. The van der Waals surface area contributed by atoms with E-state index in [-0.39, 0.29) is 0 Å². The van der Waals surface area contributed by atoms with Gasteiger partial charge < -0.3 is 21.2 Å². The van der Waals surface area contributed by atoms with Crippen LogP contribution in [-0.4, -0.2) is 37.1 Å². The van der Waals surface area contributed by atoms with Gasteiger partial charge in [-0.2, -0.15) is 0 Å². The van der Waals surface area contributed by atoms with Crippen LogP contribution in [0.15, 0.2) is 52.4 Å². The first-order valence-corrected chi connectivity index (χ1v) is 10.6. The molecule has 0 aliphatic rings. The Morgan fingerprint density at radius 1 is 1.29 bits per heavy atom. The van der Waals surface area contributed by atoms with Crippen LogP contribution in [0.1, 0.15) is 58.0 Å². The Morgan fingerprint density at radius 2 is 2.00 bits per heavy atom. The molecule has 0 aliphatic carbocycles. The maximum absolute atomic E-state index is 7.82. The second-order valence-corrected chi connectivity index (χ2v) is 7.28. The van der Waals surface area contributed by atoms with Crippen LogP contribution in [0.3, 0.4) is 0 Å². The van der Waals surface area contributed by atoms with Gasteiger partial charge in [0.1, 0.15) is 5.76 Å². The highest BCUT2D eigenvalue weighted by atomic mass is 16.5. The molecule has 1 rings (SSSR count). The molecule has 0 radical (unpaired) electrons. The topological polar surface area (TPSA) is 96.4 Å². The average Bonchev–Trinajstić information content (AvgIpc) is 2.75. The smallest absolute Gasteiger partial charge is 0.102 e. The van der Waals surface area contributed by atoms with Crippen LogP contribution in [0.5, 0.6) is 0 Å². The number of aromatic nitrogens is 1. The number of allylic oxidation sites excluding steroid dienone is 7. The van der Waals surface area contributed by atoms with Gasteiger partial charge in [0.05, 0.1) is 24.5 Å². The van der Waals surface area contributed by atoms with Crippen molar-refractivity contribution in [1.82, 2.24) is 4.98 Å². The number of pyridine rings is 1. The van der Waals surface area contributed by atoms with Crippen molar-refractivity contribution in [3.63, 3.8) is 0 Å². The molecule has 1 heterocycles. The van der Waals surface area contributed by atoms with Gasteiger partial charge in [-0.25, -0.2) is 4.98 Å². The molecule has 6 nitrogen and oxygen atoms in total. The molecule has 168 valence electrons. The highest BCUT2D eigenvalue weighted by Crippen LogP contribution is 2.26. The van der Waals surface area contributed by atoms with E-state index in [1.165, 1.54) is 11.8 Å². The normalized spacial score (nSPS) is 14.0. The van der Waals surface area contributed by atoms with Gasteiger partial charge in [0.15, 0.2) is 0 Å². The second kappa shape index (κ2) is 13.2. The third kappa shape index (κ3) is 8.24. The molecule has 0 atom stereocenters. The van der Waals surface area contributed by atoms with Crippen LogP contribution in [0.25, 0.3) is 5.57 Å². The quantitative estimate of drug-likeness (QED) is 0.252. The molecule has 0 saturated heterocycles. The van der Waals surface area contributed by atoms with E-state index in [2.05, 4.69) is 30.2 Å². The number of nitrogens with zero attached hydrogens (tertiary/aromatic N) is 2. The number of ether oxygens (including phenoxy) is 1. The van der Waals surface area contributed by atoms with E-state index < -0.39 is 0 Å². The van der Waals surface area contributed by atoms with Crippen molar-refractivity contribution in [1.29, 1.82) is 5.41 Å². The number of hydrogen-bond donors (Lipinski definition) is 3. The third-order valence-corrected chi connectivity index (χ3v) is 4.89. The zero-order valence-corrected chi connectivity index (χ0v) is 20.0. The second-order valence-electron chi connectivity index (χ2n) is 7.28. The van der Waals surface area contributed by atoms with E-state index in [4.69, 9.17) is 20.9 Å². The monoisotopic (exact) mass is 423 g/mol. The summed E-state index contributed by atoms with van der Waals surface area (Å²) in [5, 5.41) is 11.2. The summed E-state index contributed by atoms with van der Waals surface area (Å²) in [7, 11) is 1.74. The summed E-state index contributed by atoms with van der Waals surface area (Å²) in [4.78, 5) is 8.81. The zero-order chi connectivity index (χ0) is 23.4. The Hall–Kier alpha value is -3.15. The first kappa shape index (κ1) is 25.9. The molecule has 0 fully saturated rings. The van der Waals surface area contributed by atoms with E-state index in [9.17, 15) is 0 Å². The van der Waals surface area contributed by atoms with Crippen LogP contribution in [0, 0.1) is 12.3 Å². The fraction of sp³-hybridized carbons (Fsp3) is 0.400. The van der Waals surface area contributed by atoms with Gasteiger partial charge >= 0.3 is 0 Å². The maximum Gasteiger partial charge on any atom is 0.102 e. The van der Waals surface area contributed by atoms with Crippen molar-refractivity contribution >= 4 is 23.2 Å². The Kier molecular flexibility index (Phi) is 11.0. The highest BCUT2D eigenvalue weighted by Gasteiger charge is 2.12. The first-order chi connectivity index (χ1) is 14.8. The SMILES string of the molecule is CCO/C(C)=C(/C=C\C=C(\C)CC)c1cc(NCC(N)=CC(C)=NC)c(C)c(C=N)n1. The Bertz CT molecular complexity index is 920. The summed E-state index contributed by atoms with van der Waals surface area (Å²) in [6, 6.07) is 1.98. The number of hydrogen-bond acceptors (Lipinski definition) is 6. The molecule has 31 heavy (non-hydrogen) atoms. The van der Waals surface area contributed by atoms with Crippen LogP contribution >= 0.6 is 0 Å². The summed E-state index contributed by atoms with van der Waals surface area (Å²) in [5.41, 5.74) is 12.9. The van der Waals surface area contributed by atoms with Crippen molar-refractivity contribution in [3.8, 4) is 0 Å². The summed E-state index contributed by atoms with van der Waals surface area (Å²) < 4.78 is 5.79. The van der Waals surface area contributed by atoms with E-state index in [1.54, 1.807) is 7.05 Å². The summed E-state index contributed by atoms with van der Waals surface area (Å²) in [6.07, 6.45) is 10.2. The van der Waals surface area contributed by atoms with Crippen LogP contribution in [0.4, 0.5) is 5.69 Å². The van der Waals surface area contributed by atoms with Crippen molar-refractivity contribution in [3.05, 3.63) is 64.4 Å². The van der Waals surface area contributed by atoms with Crippen molar-refractivity contribution < 1.29 is 4.74 Å². The summed E-state index contributed by atoms with van der Waals surface area (Å²) >= 11 is 0. The number of nitrogens with one attached hydrogen (secondary N) is 2. The number of anilines is 1. The molecule has 4 N–H and O–H groups in total. The van der Waals surface area contributed by atoms with Gasteiger partial charge in [-0.05, 0) is 64.8 Å². The van der Waals surface area contributed by atoms with Gasteiger partial charge in [0.25, 0.3) is 0 Å². The Balaban J connectivity index is 3.43. The fourth-order valence-electron chi connectivity index (χ4n) is 2.78. The number of aliphatic imine (C=N–C) groups is 1. The molecule has 0 unspecified atom stereocenters. The molecule has 0 amide bonds. The molecule has 6 heteroatoms. The average molecular weight is 424 g/mol. The highest BCUT2D eigenvalue weighted by molar-refractivity contribution is 5.93. The lowest BCUT2D eigenvalue weighted by Crippen LogP contribution is -2.14. The minimum absolute atomic E-state index is 0.465. The van der Waals surface area contributed by atoms with E-state index >= 15 is 0 Å². The minimum atomic E-state index is 0.465. The van der Waals surface area contributed by atoms with E-state index in [0.29, 0.717) is 24.5 Å². The number of nitrogens with two attached hydrogens (primary N) is 1. The molecule has 1 aromatic rings. The molecule has 0 aliphatic heterocycles. The van der Waals surface area contributed by atoms with Crippen molar-refractivity contribution in [2.24, 2.45) is 10.7 Å².